The summed E-state index contributed by atoms with van der Waals surface area (Å²) in [4.78, 5) is 0. The Morgan fingerprint density at radius 3 is 2.57 bits per heavy atom. The third-order valence-corrected chi connectivity index (χ3v) is 4.29. The summed E-state index contributed by atoms with van der Waals surface area (Å²) < 4.78 is 7.04. The number of furan rings is 1. The number of aromatic nitrogens is 2. The lowest BCUT2D eigenvalue weighted by molar-refractivity contribution is 0.270. The first kappa shape index (κ1) is 19.5. The highest BCUT2D eigenvalue weighted by molar-refractivity contribution is 6.35. The number of nitriles is 2. The molecule has 0 aliphatic rings. The van der Waals surface area contributed by atoms with E-state index in [2.05, 4.69) is 5.10 Å². The predicted molar refractivity (Wildman–Crippen MR) is 106 cm³/mol. The van der Waals surface area contributed by atoms with Crippen LogP contribution in [-0.4, -0.2) is 21.5 Å². The fourth-order valence-corrected chi connectivity index (χ4v) is 3.14. The molecule has 9 heteroatoms. The van der Waals surface area contributed by atoms with Crippen LogP contribution in [0.3, 0.4) is 0 Å². The van der Waals surface area contributed by atoms with Crippen molar-refractivity contribution in [3.05, 3.63) is 57.4 Å². The first-order valence-electron chi connectivity index (χ1n) is 8.02. The summed E-state index contributed by atoms with van der Waals surface area (Å²) in [6.45, 7) is -0.0921. The van der Waals surface area contributed by atoms with Crippen LogP contribution in [0.5, 0.6) is 0 Å². The maximum Gasteiger partial charge on any atom is 0.140 e. The van der Waals surface area contributed by atoms with Gasteiger partial charge in [-0.1, -0.05) is 23.2 Å². The number of benzene rings is 1. The van der Waals surface area contributed by atoms with Crippen molar-refractivity contribution < 1.29 is 9.52 Å². The van der Waals surface area contributed by atoms with E-state index < -0.39 is 0 Å². The number of nitrogens with zero attached hydrogens (tertiary/aromatic N) is 4. The van der Waals surface area contributed by atoms with Gasteiger partial charge in [-0.2, -0.15) is 15.6 Å². The fourth-order valence-electron chi connectivity index (χ4n) is 2.62. The number of allylic oxidation sites excluding steroid dienone is 1. The molecule has 0 spiro atoms. The lowest BCUT2D eigenvalue weighted by atomic mass is 10.1. The van der Waals surface area contributed by atoms with Gasteiger partial charge >= 0.3 is 0 Å². The first-order valence-corrected chi connectivity index (χ1v) is 8.78. The predicted octanol–water partition coefficient (Wildman–Crippen LogP) is 3.96. The van der Waals surface area contributed by atoms with Crippen LogP contribution in [0.1, 0.15) is 17.0 Å². The number of rotatable bonds is 5. The minimum atomic E-state index is -0.203. The second kappa shape index (κ2) is 8.20. The minimum Gasteiger partial charge on any atom is -0.457 e. The molecule has 140 valence electrons. The van der Waals surface area contributed by atoms with Crippen LogP contribution in [-0.2, 0) is 6.54 Å². The van der Waals surface area contributed by atoms with Crippen molar-refractivity contribution in [3.63, 3.8) is 0 Å². The molecule has 3 rings (SSSR count). The summed E-state index contributed by atoms with van der Waals surface area (Å²) in [5.41, 5.74) is 6.85. The van der Waals surface area contributed by atoms with E-state index >= 15 is 0 Å². The van der Waals surface area contributed by atoms with E-state index in [1.165, 1.54) is 10.8 Å². The van der Waals surface area contributed by atoms with E-state index in [0.29, 0.717) is 27.1 Å². The van der Waals surface area contributed by atoms with Gasteiger partial charge in [-0.05, 0) is 30.3 Å². The standard InChI is InChI=1S/C19H13Cl2N5O2/c20-13-5-11(6-14(21)8-13)17-2-1-15(28-17)7-12(9-22)18-16(10-23)19(24)26(25-18)3-4-27/h1-2,5-8,27H,3-4,24H2. The smallest absolute Gasteiger partial charge is 0.140 e. The van der Waals surface area contributed by atoms with Gasteiger partial charge in [0.2, 0.25) is 0 Å². The van der Waals surface area contributed by atoms with Crippen LogP contribution < -0.4 is 5.73 Å². The molecule has 0 unspecified atom stereocenters. The highest BCUT2D eigenvalue weighted by Crippen LogP contribution is 2.30. The Kier molecular flexibility index (Phi) is 5.72. The zero-order chi connectivity index (χ0) is 20.3. The summed E-state index contributed by atoms with van der Waals surface area (Å²) in [6.07, 6.45) is 1.46. The Balaban J connectivity index is 2.01. The van der Waals surface area contributed by atoms with Crippen LogP contribution >= 0.6 is 23.2 Å². The van der Waals surface area contributed by atoms with E-state index in [1.54, 1.807) is 30.3 Å². The first-order chi connectivity index (χ1) is 13.5. The van der Waals surface area contributed by atoms with Crippen molar-refractivity contribution in [1.82, 2.24) is 9.78 Å². The monoisotopic (exact) mass is 413 g/mol. The molecule has 0 saturated carbocycles. The van der Waals surface area contributed by atoms with Gasteiger partial charge in [-0.15, -0.1) is 0 Å². The quantitative estimate of drug-likeness (QED) is 0.609. The molecule has 0 amide bonds. The number of anilines is 1. The van der Waals surface area contributed by atoms with Gasteiger partial charge in [0.15, 0.2) is 0 Å². The maximum atomic E-state index is 9.54. The van der Waals surface area contributed by atoms with E-state index in [1.807, 2.05) is 12.1 Å². The topological polar surface area (TPSA) is 125 Å². The summed E-state index contributed by atoms with van der Waals surface area (Å²) in [6, 6.07) is 12.4. The van der Waals surface area contributed by atoms with Crippen molar-refractivity contribution in [3.8, 4) is 23.5 Å². The Morgan fingerprint density at radius 2 is 1.96 bits per heavy atom. The summed E-state index contributed by atoms with van der Waals surface area (Å²) in [5, 5.41) is 33.1. The number of aliphatic hydroxyl groups excluding tert-OH is 1. The second-order valence-corrected chi connectivity index (χ2v) is 6.57. The van der Waals surface area contributed by atoms with Gasteiger partial charge in [0.25, 0.3) is 0 Å². The van der Waals surface area contributed by atoms with E-state index in [4.69, 9.17) is 38.5 Å². The third-order valence-electron chi connectivity index (χ3n) is 3.85. The Labute approximate surface area is 170 Å². The van der Waals surface area contributed by atoms with E-state index in [-0.39, 0.29) is 35.8 Å². The summed E-state index contributed by atoms with van der Waals surface area (Å²) >= 11 is 12.0. The number of nitrogens with two attached hydrogens (primary N) is 1. The number of halogens is 2. The van der Waals surface area contributed by atoms with Gasteiger partial charge in [-0.25, -0.2) is 4.68 Å². The molecule has 28 heavy (non-hydrogen) atoms. The summed E-state index contributed by atoms with van der Waals surface area (Å²) in [5.74, 6) is 0.974. The second-order valence-electron chi connectivity index (χ2n) is 5.70. The van der Waals surface area contributed by atoms with Crippen LogP contribution in [0.25, 0.3) is 23.0 Å². The average Bonchev–Trinajstić information content (AvgIpc) is 3.24. The minimum absolute atomic E-state index is 0.0645. The van der Waals surface area contributed by atoms with Crippen molar-refractivity contribution >= 4 is 40.7 Å². The van der Waals surface area contributed by atoms with Crippen molar-refractivity contribution in [2.75, 3.05) is 12.3 Å². The highest BCUT2D eigenvalue weighted by atomic mass is 35.5. The van der Waals surface area contributed by atoms with Gasteiger partial charge in [0.05, 0.1) is 18.7 Å². The number of aliphatic hydroxyl groups is 1. The highest BCUT2D eigenvalue weighted by Gasteiger charge is 2.19. The number of hydrogen-bond acceptors (Lipinski definition) is 6. The fraction of sp³-hybridized carbons (Fsp3) is 0.105. The normalized spacial score (nSPS) is 11.2. The van der Waals surface area contributed by atoms with Gasteiger partial charge < -0.3 is 15.3 Å². The van der Waals surface area contributed by atoms with Crippen LogP contribution in [0.4, 0.5) is 5.82 Å². The van der Waals surface area contributed by atoms with Crippen molar-refractivity contribution in [1.29, 1.82) is 10.5 Å². The molecule has 3 N–H and O–H groups in total. The Hall–Kier alpha value is -3.23. The Morgan fingerprint density at radius 1 is 1.25 bits per heavy atom. The molecule has 0 saturated heterocycles. The molecular formula is C19H13Cl2N5O2. The largest absolute Gasteiger partial charge is 0.457 e. The van der Waals surface area contributed by atoms with Crippen LogP contribution in [0.2, 0.25) is 10.0 Å². The van der Waals surface area contributed by atoms with Crippen molar-refractivity contribution in [2.24, 2.45) is 0 Å². The molecule has 0 aliphatic heterocycles. The van der Waals surface area contributed by atoms with Gasteiger partial charge in [0, 0.05) is 21.7 Å². The molecular weight excluding hydrogens is 401 g/mol. The van der Waals surface area contributed by atoms with Crippen LogP contribution in [0.15, 0.2) is 34.7 Å². The average molecular weight is 414 g/mol. The molecule has 2 aromatic heterocycles. The number of nitrogen functional groups attached to an aromatic ring is 1. The van der Waals surface area contributed by atoms with Crippen LogP contribution in [0, 0.1) is 22.7 Å². The molecule has 7 nitrogen and oxygen atoms in total. The van der Waals surface area contributed by atoms with E-state index in [0.717, 1.165) is 0 Å². The van der Waals surface area contributed by atoms with E-state index in [9.17, 15) is 10.5 Å². The molecule has 0 aliphatic carbocycles. The molecule has 3 aromatic rings. The molecule has 0 atom stereocenters. The molecule has 0 radical (unpaired) electrons. The SMILES string of the molecule is N#CC(=Cc1ccc(-c2cc(Cl)cc(Cl)c2)o1)c1nn(CCO)c(N)c1C#N. The zero-order valence-corrected chi connectivity index (χ0v) is 15.9. The third kappa shape index (κ3) is 3.88. The molecule has 0 bridgehead atoms. The Bertz CT molecular complexity index is 1130. The number of hydrogen-bond donors (Lipinski definition) is 2. The van der Waals surface area contributed by atoms with Gasteiger partial charge in [0.1, 0.15) is 40.7 Å². The molecule has 1 aromatic carbocycles. The lowest BCUT2D eigenvalue weighted by Crippen LogP contribution is -2.07. The lowest BCUT2D eigenvalue weighted by Gasteiger charge is -1.99. The van der Waals surface area contributed by atoms with Crippen molar-refractivity contribution in [2.45, 2.75) is 6.54 Å². The maximum absolute atomic E-state index is 9.54. The summed E-state index contributed by atoms with van der Waals surface area (Å²) in [7, 11) is 0. The van der Waals surface area contributed by atoms with Gasteiger partial charge in [-0.3, -0.25) is 0 Å². The molecule has 2 heterocycles. The molecule has 0 fully saturated rings. The zero-order valence-electron chi connectivity index (χ0n) is 14.4.